The summed E-state index contributed by atoms with van der Waals surface area (Å²) in [4.78, 5) is 97.2. The number of nitrogens with one attached hydrogen (secondary N) is 2. The molecule has 5 amide bonds. The number of fused-ring (bicyclic) bond motifs is 5. The number of aldehydes is 1. The summed E-state index contributed by atoms with van der Waals surface area (Å²) in [7, 11) is 1.68. The van der Waals surface area contributed by atoms with Crippen molar-refractivity contribution in [1.29, 1.82) is 0 Å². The number of likely N-dealkylation sites (N-methyl/N-ethyl adjacent to an activating group) is 1. The molecule has 0 spiro atoms. The van der Waals surface area contributed by atoms with Gasteiger partial charge in [0.2, 0.25) is 11.8 Å². The number of aromatic amines is 2. The summed E-state index contributed by atoms with van der Waals surface area (Å²) in [5.74, 6) is 0.0941. The Hall–Kier alpha value is -6.12. The van der Waals surface area contributed by atoms with Gasteiger partial charge in [0, 0.05) is 58.0 Å². The molecule has 5 aliphatic rings. The highest BCUT2D eigenvalue weighted by Crippen LogP contribution is 2.44. The van der Waals surface area contributed by atoms with Crippen molar-refractivity contribution in [2.24, 2.45) is 0 Å². The second-order valence-electron chi connectivity index (χ2n) is 17.9. The number of thioether (sulfide) groups is 2. The molecule has 330 valence electrons. The number of aromatic nitrogens is 2. The lowest BCUT2D eigenvalue weighted by atomic mass is 9.96. The summed E-state index contributed by atoms with van der Waals surface area (Å²) in [6, 6.07) is 28.2. The molecule has 5 aliphatic heterocycles. The lowest BCUT2D eigenvalue weighted by Crippen LogP contribution is -2.53. The molecule has 4 fully saturated rings. The molecule has 7 heterocycles. The van der Waals surface area contributed by atoms with Gasteiger partial charge in [-0.2, -0.15) is 0 Å². The minimum atomic E-state index is -0.865. The van der Waals surface area contributed by atoms with Crippen LogP contribution in [0.3, 0.4) is 0 Å². The number of carbonyl (C=O) groups excluding carboxylic acids is 6. The molecule has 2 N–H and O–H groups in total. The van der Waals surface area contributed by atoms with Crippen molar-refractivity contribution in [1.82, 2.24) is 29.6 Å². The van der Waals surface area contributed by atoms with Gasteiger partial charge < -0.3 is 24.7 Å². The molecule has 0 radical (unpaired) electrons. The van der Waals surface area contributed by atoms with E-state index in [1.165, 1.54) is 9.80 Å². The third-order valence-corrected chi connectivity index (χ3v) is 17.2. The number of carbonyl (C=O) groups is 6. The molecule has 2 unspecified atom stereocenters. The molecule has 12 nitrogen and oxygen atoms in total. The molecular formula is C51H48N6O6S2. The van der Waals surface area contributed by atoms with E-state index >= 15 is 0 Å². The maximum atomic E-state index is 14.8. The lowest BCUT2D eigenvalue weighted by Gasteiger charge is -2.34. The van der Waals surface area contributed by atoms with Crippen LogP contribution in [-0.4, -0.2) is 119 Å². The van der Waals surface area contributed by atoms with Crippen LogP contribution in [0, 0.1) is 0 Å². The van der Waals surface area contributed by atoms with Gasteiger partial charge in [-0.15, -0.1) is 23.5 Å². The van der Waals surface area contributed by atoms with Gasteiger partial charge in [-0.3, -0.25) is 33.7 Å². The fourth-order valence-corrected chi connectivity index (χ4v) is 14.1. The first kappa shape index (κ1) is 41.6. The van der Waals surface area contributed by atoms with Gasteiger partial charge in [0.05, 0.1) is 38.8 Å². The van der Waals surface area contributed by atoms with Crippen molar-refractivity contribution in [3.8, 4) is 11.4 Å². The van der Waals surface area contributed by atoms with Crippen LogP contribution in [0.15, 0.2) is 97.1 Å². The van der Waals surface area contributed by atoms with Crippen LogP contribution >= 0.6 is 23.5 Å². The highest BCUT2D eigenvalue weighted by molar-refractivity contribution is 8.00. The van der Waals surface area contributed by atoms with Crippen molar-refractivity contribution < 1.29 is 28.8 Å². The van der Waals surface area contributed by atoms with Crippen LogP contribution < -0.4 is 0 Å². The van der Waals surface area contributed by atoms with Crippen LogP contribution in [-0.2, 0) is 22.4 Å². The average molecular weight is 905 g/mol. The summed E-state index contributed by atoms with van der Waals surface area (Å²) in [6.45, 7) is 0. The number of nitrogens with zero attached hydrogens (tertiary/aromatic N) is 4. The fraction of sp³-hybridized carbons (Fsp3) is 0.333. The van der Waals surface area contributed by atoms with Crippen LogP contribution in [0.5, 0.6) is 0 Å². The molecule has 6 atom stereocenters. The monoisotopic (exact) mass is 904 g/mol. The largest absolute Gasteiger partial charge is 0.353 e. The molecule has 0 aliphatic carbocycles. The van der Waals surface area contributed by atoms with E-state index in [-0.39, 0.29) is 46.1 Å². The van der Waals surface area contributed by atoms with Crippen molar-refractivity contribution in [2.45, 2.75) is 86.3 Å². The number of amides is 5. The SMILES string of the molecule is CN(C(=O)c1ccccc1C=O)C1CCC[C@H]2SC[C@@H](Cc3c(-c4[nH]c5ccccc5c4C[C@@H]4CS[C@@H]5CCCC(N6C(=O)c7ccccc7C6=O)C(=O)N45)[nH]c4ccccc34)N2C1=O. The Bertz CT molecular complexity index is 2910. The van der Waals surface area contributed by atoms with Gasteiger partial charge >= 0.3 is 0 Å². The Morgan fingerprint density at radius 2 is 1.17 bits per heavy atom. The Morgan fingerprint density at radius 1 is 0.662 bits per heavy atom. The highest BCUT2D eigenvalue weighted by atomic mass is 32.2. The van der Waals surface area contributed by atoms with E-state index < -0.39 is 23.9 Å². The number of imide groups is 1. The summed E-state index contributed by atoms with van der Waals surface area (Å²) in [6.07, 6.45) is 5.92. The van der Waals surface area contributed by atoms with Gasteiger partial charge in [-0.25, -0.2) is 0 Å². The second kappa shape index (κ2) is 16.7. The Morgan fingerprint density at radius 3 is 1.75 bits per heavy atom. The fourth-order valence-electron chi connectivity index (χ4n) is 11.1. The van der Waals surface area contributed by atoms with E-state index in [0.717, 1.165) is 81.5 Å². The minimum absolute atomic E-state index is 0.0105. The summed E-state index contributed by atoms with van der Waals surface area (Å²) in [5, 5.41) is 2.07. The third-order valence-electron chi connectivity index (χ3n) is 14.3. The first-order valence-electron chi connectivity index (χ1n) is 22.6. The van der Waals surface area contributed by atoms with Crippen LogP contribution in [0.2, 0.25) is 0 Å². The average Bonchev–Trinajstić information content (AvgIpc) is 4.12. The quantitative estimate of drug-likeness (QED) is 0.110. The predicted octanol–water partition coefficient (Wildman–Crippen LogP) is 7.93. The molecule has 14 heteroatoms. The van der Waals surface area contributed by atoms with Gasteiger partial charge in [0.25, 0.3) is 17.7 Å². The Kier molecular flexibility index (Phi) is 10.7. The number of H-pyrrole nitrogens is 2. The number of rotatable bonds is 9. The summed E-state index contributed by atoms with van der Waals surface area (Å²) >= 11 is 3.58. The normalized spacial score (nSPS) is 24.4. The maximum Gasteiger partial charge on any atom is 0.262 e. The standard InChI is InChI=1S/C51H48N6O6S2/c1-54(47(59)32-13-3-2-12-29(32)26-58)41-20-10-22-43-55(50(41)62)30(27-64-43)24-37-33-14-6-8-18-39(33)52-45(37)46-38(34-15-7-9-19-40(34)53-46)25-31-28-65-44-23-11-21-42(51(63)56(31)44)57-48(60)35-16-4-5-17-36(35)49(57)61/h2-9,12-19,26,30-31,41-44,52-53H,10-11,20-25,27-28H2,1H3/t30-,31-,41?,42?,43-,44-/m1/s1. The number of hydrogen-bond acceptors (Lipinski definition) is 8. The molecule has 4 saturated heterocycles. The molecule has 0 bridgehead atoms. The number of hydrogen-bond donors (Lipinski definition) is 2. The smallest absolute Gasteiger partial charge is 0.262 e. The zero-order chi connectivity index (χ0) is 44.5. The van der Waals surface area contributed by atoms with Crippen molar-refractivity contribution >= 4 is 81.2 Å². The van der Waals surface area contributed by atoms with Crippen LogP contribution in [0.25, 0.3) is 33.2 Å². The second-order valence-corrected chi connectivity index (χ2v) is 20.3. The molecule has 4 aromatic carbocycles. The van der Waals surface area contributed by atoms with Crippen molar-refractivity contribution in [2.75, 3.05) is 18.6 Å². The first-order chi connectivity index (χ1) is 31.7. The van der Waals surface area contributed by atoms with Crippen molar-refractivity contribution in [3.63, 3.8) is 0 Å². The number of benzene rings is 4. The molecule has 11 rings (SSSR count). The lowest BCUT2D eigenvalue weighted by molar-refractivity contribution is -0.137. The first-order valence-corrected chi connectivity index (χ1v) is 24.7. The Labute approximate surface area is 384 Å². The summed E-state index contributed by atoms with van der Waals surface area (Å²) < 4.78 is 0. The number of para-hydroxylation sites is 2. The summed E-state index contributed by atoms with van der Waals surface area (Å²) in [5.41, 5.74) is 7.29. The van der Waals surface area contributed by atoms with Gasteiger partial charge in [-0.1, -0.05) is 66.7 Å². The molecule has 2 aromatic heterocycles. The van der Waals surface area contributed by atoms with E-state index in [9.17, 15) is 28.8 Å². The zero-order valence-corrected chi connectivity index (χ0v) is 37.5. The topological polar surface area (TPSA) is 147 Å². The Balaban J connectivity index is 0.926. The van der Waals surface area contributed by atoms with E-state index in [0.29, 0.717) is 48.7 Å². The molecule has 0 saturated carbocycles. The van der Waals surface area contributed by atoms with Gasteiger partial charge in [-0.05, 0) is 92.8 Å². The van der Waals surface area contributed by atoms with Gasteiger partial charge in [0.15, 0.2) is 6.29 Å². The predicted molar refractivity (Wildman–Crippen MR) is 253 cm³/mol. The highest BCUT2D eigenvalue weighted by Gasteiger charge is 2.50. The zero-order valence-electron chi connectivity index (χ0n) is 35.9. The van der Waals surface area contributed by atoms with E-state index in [1.54, 1.807) is 79.1 Å². The van der Waals surface area contributed by atoms with Gasteiger partial charge in [0.1, 0.15) is 12.1 Å². The molecule has 6 aromatic rings. The molecular weight excluding hydrogens is 857 g/mol. The van der Waals surface area contributed by atoms with Crippen LogP contribution in [0.1, 0.15) is 91.1 Å². The van der Waals surface area contributed by atoms with E-state index in [4.69, 9.17) is 0 Å². The molecule has 65 heavy (non-hydrogen) atoms. The van der Waals surface area contributed by atoms with E-state index in [2.05, 4.69) is 34.2 Å². The van der Waals surface area contributed by atoms with Crippen molar-refractivity contribution in [3.05, 3.63) is 130 Å². The van der Waals surface area contributed by atoms with Crippen LogP contribution in [0.4, 0.5) is 0 Å². The van der Waals surface area contributed by atoms with E-state index in [1.807, 2.05) is 34.1 Å². The maximum absolute atomic E-state index is 14.8. The minimum Gasteiger partial charge on any atom is -0.353 e. The third kappa shape index (κ3) is 6.90.